The minimum Gasteiger partial charge on any atom is -0.497 e. The molecule has 1 aromatic rings. The van der Waals surface area contributed by atoms with Gasteiger partial charge in [-0.3, -0.25) is 0 Å². The standard InChI is InChI=1S/C15H22OS/c1-3-4-5-15-14(10-11-17-15)12-6-8-13(16-2)9-7-12/h6-9,14-15H,3-5,10-11H2,1-2H3/t14-,15?/m0/s1. The van der Waals surface area contributed by atoms with Gasteiger partial charge in [0, 0.05) is 5.25 Å². The molecule has 94 valence electrons. The van der Waals surface area contributed by atoms with E-state index in [1.165, 1.54) is 37.0 Å². The molecule has 1 saturated heterocycles. The molecule has 1 aliphatic heterocycles. The summed E-state index contributed by atoms with van der Waals surface area (Å²) in [5.74, 6) is 3.05. The lowest BCUT2D eigenvalue weighted by molar-refractivity contribution is 0.414. The van der Waals surface area contributed by atoms with E-state index in [9.17, 15) is 0 Å². The van der Waals surface area contributed by atoms with Gasteiger partial charge in [0.15, 0.2) is 0 Å². The van der Waals surface area contributed by atoms with Gasteiger partial charge in [-0.25, -0.2) is 0 Å². The van der Waals surface area contributed by atoms with E-state index >= 15 is 0 Å². The fraction of sp³-hybridized carbons (Fsp3) is 0.600. The van der Waals surface area contributed by atoms with E-state index in [0.29, 0.717) is 0 Å². The first-order valence-corrected chi connectivity index (χ1v) is 7.65. The Morgan fingerprint density at radius 2 is 2.06 bits per heavy atom. The van der Waals surface area contributed by atoms with Crippen molar-refractivity contribution in [3.63, 3.8) is 0 Å². The number of unbranched alkanes of at least 4 members (excludes halogenated alkanes) is 1. The summed E-state index contributed by atoms with van der Waals surface area (Å²) in [7, 11) is 1.73. The van der Waals surface area contributed by atoms with E-state index in [4.69, 9.17) is 4.74 Å². The van der Waals surface area contributed by atoms with Crippen molar-refractivity contribution in [3.05, 3.63) is 29.8 Å². The number of methoxy groups -OCH3 is 1. The van der Waals surface area contributed by atoms with Gasteiger partial charge in [-0.05, 0) is 42.2 Å². The Bertz CT molecular complexity index is 333. The molecule has 2 atom stereocenters. The molecule has 0 spiro atoms. The van der Waals surface area contributed by atoms with Gasteiger partial charge in [-0.1, -0.05) is 31.9 Å². The molecule has 2 rings (SSSR count). The summed E-state index contributed by atoms with van der Waals surface area (Å²) in [4.78, 5) is 0. The fourth-order valence-electron chi connectivity index (χ4n) is 2.57. The third-order valence-electron chi connectivity index (χ3n) is 3.60. The zero-order chi connectivity index (χ0) is 12.1. The molecule has 1 aromatic carbocycles. The van der Waals surface area contributed by atoms with Crippen LogP contribution in [0.15, 0.2) is 24.3 Å². The van der Waals surface area contributed by atoms with Crippen LogP contribution in [0, 0.1) is 0 Å². The zero-order valence-corrected chi connectivity index (χ0v) is 11.6. The van der Waals surface area contributed by atoms with Crippen LogP contribution in [0.25, 0.3) is 0 Å². The third kappa shape index (κ3) is 3.19. The predicted octanol–water partition coefficient (Wildman–Crippen LogP) is 4.47. The fourth-order valence-corrected chi connectivity index (χ4v) is 4.12. The van der Waals surface area contributed by atoms with Gasteiger partial charge in [0.2, 0.25) is 0 Å². The summed E-state index contributed by atoms with van der Waals surface area (Å²) >= 11 is 2.16. The summed E-state index contributed by atoms with van der Waals surface area (Å²) in [5, 5.41) is 0.836. The topological polar surface area (TPSA) is 9.23 Å². The second-order valence-corrected chi connectivity index (χ2v) is 6.07. The van der Waals surface area contributed by atoms with Crippen molar-refractivity contribution in [3.8, 4) is 5.75 Å². The van der Waals surface area contributed by atoms with E-state index in [1.54, 1.807) is 7.11 Å². The van der Waals surface area contributed by atoms with Gasteiger partial charge >= 0.3 is 0 Å². The van der Waals surface area contributed by atoms with Crippen molar-refractivity contribution in [2.24, 2.45) is 0 Å². The van der Waals surface area contributed by atoms with E-state index < -0.39 is 0 Å². The number of rotatable bonds is 5. The second-order valence-electron chi connectivity index (χ2n) is 4.72. The van der Waals surface area contributed by atoms with E-state index in [-0.39, 0.29) is 0 Å². The van der Waals surface area contributed by atoms with Gasteiger partial charge in [0.05, 0.1) is 7.11 Å². The van der Waals surface area contributed by atoms with Crippen LogP contribution in [-0.4, -0.2) is 18.1 Å². The number of thioether (sulfide) groups is 1. The van der Waals surface area contributed by atoms with Crippen LogP contribution in [0.5, 0.6) is 5.75 Å². The Kier molecular flexibility index (Phi) is 4.78. The van der Waals surface area contributed by atoms with Crippen molar-refractivity contribution in [1.29, 1.82) is 0 Å². The Labute approximate surface area is 109 Å². The lowest BCUT2D eigenvalue weighted by atomic mass is 9.91. The molecule has 0 N–H and O–H groups in total. The van der Waals surface area contributed by atoms with Crippen LogP contribution in [0.1, 0.15) is 44.1 Å². The Morgan fingerprint density at radius 3 is 2.71 bits per heavy atom. The molecule has 0 aliphatic carbocycles. The van der Waals surface area contributed by atoms with Crippen LogP contribution < -0.4 is 4.74 Å². The molecule has 0 amide bonds. The van der Waals surface area contributed by atoms with Crippen LogP contribution in [-0.2, 0) is 0 Å². The van der Waals surface area contributed by atoms with Crippen LogP contribution >= 0.6 is 11.8 Å². The van der Waals surface area contributed by atoms with Crippen molar-refractivity contribution in [2.75, 3.05) is 12.9 Å². The highest BCUT2D eigenvalue weighted by Crippen LogP contribution is 2.42. The molecule has 2 heteroatoms. The Hall–Kier alpha value is -0.630. The van der Waals surface area contributed by atoms with E-state index in [0.717, 1.165) is 16.9 Å². The number of hydrogen-bond acceptors (Lipinski definition) is 2. The molecule has 1 fully saturated rings. The molecule has 0 aromatic heterocycles. The van der Waals surface area contributed by atoms with Gasteiger partial charge in [0.1, 0.15) is 5.75 Å². The van der Waals surface area contributed by atoms with Gasteiger partial charge in [-0.15, -0.1) is 0 Å². The smallest absolute Gasteiger partial charge is 0.118 e. The first kappa shape index (κ1) is 12.8. The van der Waals surface area contributed by atoms with E-state index in [1.807, 2.05) is 0 Å². The summed E-state index contributed by atoms with van der Waals surface area (Å²) < 4.78 is 5.22. The number of ether oxygens (including phenoxy) is 1. The van der Waals surface area contributed by atoms with Gasteiger partial charge < -0.3 is 4.74 Å². The number of hydrogen-bond donors (Lipinski definition) is 0. The largest absolute Gasteiger partial charge is 0.497 e. The Balaban J connectivity index is 2.03. The number of benzene rings is 1. The summed E-state index contributed by atoms with van der Waals surface area (Å²) in [5.41, 5.74) is 1.50. The van der Waals surface area contributed by atoms with Gasteiger partial charge in [-0.2, -0.15) is 11.8 Å². The van der Waals surface area contributed by atoms with Crippen molar-refractivity contribution in [2.45, 2.75) is 43.8 Å². The summed E-state index contributed by atoms with van der Waals surface area (Å²) in [6, 6.07) is 8.67. The highest BCUT2D eigenvalue weighted by atomic mass is 32.2. The normalized spacial score (nSPS) is 23.9. The highest BCUT2D eigenvalue weighted by Gasteiger charge is 2.28. The van der Waals surface area contributed by atoms with Crippen molar-refractivity contribution in [1.82, 2.24) is 0 Å². The minimum absolute atomic E-state index is 0.762. The van der Waals surface area contributed by atoms with Crippen LogP contribution in [0.3, 0.4) is 0 Å². The van der Waals surface area contributed by atoms with Crippen molar-refractivity contribution >= 4 is 11.8 Å². The van der Waals surface area contributed by atoms with Crippen molar-refractivity contribution < 1.29 is 4.74 Å². The molecular formula is C15H22OS. The molecule has 1 aliphatic rings. The molecule has 0 saturated carbocycles. The lowest BCUT2D eigenvalue weighted by Crippen LogP contribution is -2.09. The molecule has 0 bridgehead atoms. The molecule has 1 unspecified atom stereocenters. The third-order valence-corrected chi connectivity index (χ3v) is 5.06. The summed E-state index contributed by atoms with van der Waals surface area (Å²) in [6.45, 7) is 2.28. The predicted molar refractivity (Wildman–Crippen MR) is 76.1 cm³/mol. The summed E-state index contributed by atoms with van der Waals surface area (Å²) in [6.07, 6.45) is 5.39. The molecule has 1 heterocycles. The second kappa shape index (κ2) is 6.34. The zero-order valence-electron chi connectivity index (χ0n) is 10.8. The maximum atomic E-state index is 5.22. The van der Waals surface area contributed by atoms with Crippen LogP contribution in [0.2, 0.25) is 0 Å². The Morgan fingerprint density at radius 1 is 1.29 bits per heavy atom. The monoisotopic (exact) mass is 250 g/mol. The minimum atomic E-state index is 0.762. The average Bonchev–Trinajstić information content (AvgIpc) is 2.84. The average molecular weight is 250 g/mol. The molecule has 0 radical (unpaired) electrons. The quantitative estimate of drug-likeness (QED) is 0.762. The molecule has 1 nitrogen and oxygen atoms in total. The maximum absolute atomic E-state index is 5.22. The first-order chi connectivity index (χ1) is 8.35. The van der Waals surface area contributed by atoms with E-state index in [2.05, 4.69) is 43.0 Å². The van der Waals surface area contributed by atoms with Gasteiger partial charge in [0.25, 0.3) is 0 Å². The highest BCUT2D eigenvalue weighted by molar-refractivity contribution is 8.00. The lowest BCUT2D eigenvalue weighted by Gasteiger charge is -2.19. The SMILES string of the molecule is CCCCC1SCC[C@H]1c1ccc(OC)cc1. The molecule has 17 heavy (non-hydrogen) atoms. The maximum Gasteiger partial charge on any atom is 0.118 e. The first-order valence-electron chi connectivity index (χ1n) is 6.60. The van der Waals surface area contributed by atoms with Crippen LogP contribution in [0.4, 0.5) is 0 Å². The molecular weight excluding hydrogens is 228 g/mol.